The van der Waals surface area contributed by atoms with Gasteiger partial charge in [-0.25, -0.2) is 0 Å². The predicted molar refractivity (Wildman–Crippen MR) is 52.0 cm³/mol. The average Bonchev–Trinajstić information content (AvgIpc) is 2.47. The topological polar surface area (TPSA) is 37.4 Å². The Morgan fingerprint density at radius 3 is 2.71 bits per heavy atom. The molecular formula is C11H14NO2. The lowest BCUT2D eigenvalue weighted by Crippen LogP contribution is -2.28. The molecule has 0 unspecified atom stereocenters. The molecule has 1 aliphatic carbocycles. The minimum atomic E-state index is -0.0996. The van der Waals surface area contributed by atoms with Crippen LogP contribution < -0.4 is 0 Å². The molecule has 75 valence electrons. The zero-order chi connectivity index (χ0) is 10.1. The summed E-state index contributed by atoms with van der Waals surface area (Å²) >= 11 is 0. The fraction of sp³-hybridized carbons (Fsp3) is 0.545. The Balaban J connectivity index is 2.12. The molecule has 14 heavy (non-hydrogen) atoms. The Bertz CT molecular complexity index is 296. The Morgan fingerprint density at radius 2 is 2.21 bits per heavy atom. The van der Waals surface area contributed by atoms with Crippen LogP contribution in [0.15, 0.2) is 12.2 Å². The molecule has 1 radical (unpaired) electrons. The quantitative estimate of drug-likeness (QED) is 0.585. The van der Waals surface area contributed by atoms with E-state index in [1.54, 1.807) is 7.05 Å². The van der Waals surface area contributed by atoms with E-state index < -0.39 is 0 Å². The number of hydrogen-bond acceptors (Lipinski definition) is 2. The van der Waals surface area contributed by atoms with E-state index in [0.717, 1.165) is 12.8 Å². The summed E-state index contributed by atoms with van der Waals surface area (Å²) < 4.78 is 0. The van der Waals surface area contributed by atoms with Crippen LogP contribution >= 0.6 is 0 Å². The molecule has 0 bridgehead atoms. The standard InChI is InChI=1S/C11H14NO2/c1-12-10(13)7-9(11(12)14)8-5-3-2-4-6-8/h2-3,5,8-9H,4,6-7H2,1H3/t8-,9+/m1/s1. The van der Waals surface area contributed by atoms with Gasteiger partial charge in [0, 0.05) is 13.5 Å². The highest BCUT2D eigenvalue weighted by Gasteiger charge is 2.39. The number of allylic oxidation sites excluding steroid dienone is 2. The number of carbonyl (C=O) groups excluding carboxylic acids is 2. The molecule has 1 fully saturated rings. The van der Waals surface area contributed by atoms with Crippen molar-refractivity contribution in [1.29, 1.82) is 0 Å². The summed E-state index contributed by atoms with van der Waals surface area (Å²) in [7, 11) is 1.57. The zero-order valence-electron chi connectivity index (χ0n) is 8.27. The molecule has 0 saturated carbocycles. The van der Waals surface area contributed by atoms with Crippen LogP contribution in [0.25, 0.3) is 0 Å². The normalized spacial score (nSPS) is 32.8. The van der Waals surface area contributed by atoms with E-state index in [9.17, 15) is 9.59 Å². The number of amides is 2. The largest absolute Gasteiger partial charge is 0.285 e. The van der Waals surface area contributed by atoms with Crippen LogP contribution in [0.1, 0.15) is 19.3 Å². The summed E-state index contributed by atoms with van der Waals surface area (Å²) in [5.41, 5.74) is 0. The number of nitrogens with zero attached hydrogens (tertiary/aromatic N) is 1. The van der Waals surface area contributed by atoms with Gasteiger partial charge in [-0.15, -0.1) is 0 Å². The van der Waals surface area contributed by atoms with Gasteiger partial charge in [0.2, 0.25) is 11.8 Å². The summed E-state index contributed by atoms with van der Waals surface area (Å²) in [4.78, 5) is 24.2. The smallest absolute Gasteiger partial charge is 0.233 e. The maximum absolute atomic E-state index is 11.7. The van der Waals surface area contributed by atoms with Gasteiger partial charge in [-0.3, -0.25) is 14.5 Å². The first-order chi connectivity index (χ1) is 6.70. The summed E-state index contributed by atoms with van der Waals surface area (Å²) in [5, 5.41) is 0. The van der Waals surface area contributed by atoms with Crippen LogP contribution in [0.2, 0.25) is 0 Å². The van der Waals surface area contributed by atoms with Crippen LogP contribution in [0, 0.1) is 18.3 Å². The third-order valence-electron chi connectivity index (χ3n) is 3.09. The Labute approximate surface area is 83.8 Å². The molecule has 0 spiro atoms. The van der Waals surface area contributed by atoms with Crippen molar-refractivity contribution in [3.8, 4) is 0 Å². The van der Waals surface area contributed by atoms with Gasteiger partial charge in [-0.1, -0.05) is 12.2 Å². The van der Waals surface area contributed by atoms with Gasteiger partial charge in [0.05, 0.1) is 5.92 Å². The third kappa shape index (κ3) is 1.47. The van der Waals surface area contributed by atoms with Crippen molar-refractivity contribution in [2.24, 2.45) is 11.8 Å². The van der Waals surface area contributed by atoms with E-state index in [4.69, 9.17) is 0 Å². The number of carbonyl (C=O) groups is 2. The molecule has 0 aromatic rings. The summed E-state index contributed by atoms with van der Waals surface area (Å²) in [6.45, 7) is 0. The minimum Gasteiger partial charge on any atom is -0.285 e. The van der Waals surface area contributed by atoms with Gasteiger partial charge >= 0.3 is 0 Å². The molecule has 0 N–H and O–H groups in total. The first-order valence-electron chi connectivity index (χ1n) is 5.00. The third-order valence-corrected chi connectivity index (χ3v) is 3.09. The average molecular weight is 192 g/mol. The Morgan fingerprint density at radius 1 is 1.43 bits per heavy atom. The second-order valence-corrected chi connectivity index (χ2v) is 3.96. The Kier molecular flexibility index (Phi) is 2.40. The van der Waals surface area contributed by atoms with Gasteiger partial charge in [0.25, 0.3) is 0 Å². The number of hydrogen-bond donors (Lipinski definition) is 0. The number of likely N-dealkylation sites (tertiary alicyclic amines) is 1. The van der Waals surface area contributed by atoms with Crippen molar-refractivity contribution >= 4 is 11.8 Å². The van der Waals surface area contributed by atoms with Crippen LogP contribution in [0.4, 0.5) is 0 Å². The lowest BCUT2D eigenvalue weighted by molar-refractivity contribution is -0.138. The van der Waals surface area contributed by atoms with Gasteiger partial charge in [0.15, 0.2) is 0 Å². The Hall–Kier alpha value is -1.12. The van der Waals surface area contributed by atoms with Crippen LogP contribution in [-0.4, -0.2) is 23.8 Å². The number of rotatable bonds is 1. The zero-order valence-corrected chi connectivity index (χ0v) is 8.27. The van der Waals surface area contributed by atoms with Crippen molar-refractivity contribution in [2.75, 3.05) is 7.05 Å². The van der Waals surface area contributed by atoms with Gasteiger partial charge in [-0.2, -0.15) is 0 Å². The SMILES string of the molecule is CN1C(=O)C[C@@H]([C@@H]2C=C[CH]CC2)C1=O. The molecule has 0 aromatic heterocycles. The fourth-order valence-corrected chi connectivity index (χ4v) is 2.16. The molecular weight excluding hydrogens is 178 g/mol. The van der Waals surface area contributed by atoms with Crippen molar-refractivity contribution in [2.45, 2.75) is 19.3 Å². The molecule has 3 nitrogen and oxygen atoms in total. The van der Waals surface area contributed by atoms with E-state index in [1.165, 1.54) is 4.90 Å². The van der Waals surface area contributed by atoms with Crippen LogP contribution in [0.3, 0.4) is 0 Å². The van der Waals surface area contributed by atoms with E-state index in [1.807, 2.05) is 6.08 Å². The highest BCUT2D eigenvalue weighted by molar-refractivity contribution is 6.03. The molecule has 2 atom stereocenters. The minimum absolute atomic E-state index is 0.00782. The molecule has 2 rings (SSSR count). The maximum Gasteiger partial charge on any atom is 0.233 e. The molecule has 3 heteroatoms. The molecule has 1 heterocycles. The fourth-order valence-electron chi connectivity index (χ4n) is 2.16. The van der Waals surface area contributed by atoms with Gasteiger partial charge in [-0.05, 0) is 25.2 Å². The molecule has 0 aromatic carbocycles. The summed E-state index contributed by atoms with van der Waals surface area (Å²) in [6, 6.07) is 0. The van der Waals surface area contributed by atoms with E-state index in [-0.39, 0.29) is 23.7 Å². The lowest BCUT2D eigenvalue weighted by atomic mass is 9.83. The highest BCUT2D eigenvalue weighted by atomic mass is 16.2. The highest BCUT2D eigenvalue weighted by Crippen LogP contribution is 2.32. The van der Waals surface area contributed by atoms with Crippen molar-refractivity contribution in [1.82, 2.24) is 4.90 Å². The molecule has 2 amide bonds. The lowest BCUT2D eigenvalue weighted by Gasteiger charge is -2.20. The summed E-state index contributed by atoms with van der Waals surface area (Å²) in [5.74, 6) is 0.119. The summed E-state index contributed by atoms with van der Waals surface area (Å²) in [6.07, 6.45) is 8.56. The van der Waals surface area contributed by atoms with Crippen molar-refractivity contribution in [3.05, 3.63) is 18.6 Å². The first-order valence-corrected chi connectivity index (χ1v) is 5.00. The van der Waals surface area contributed by atoms with Crippen LogP contribution in [-0.2, 0) is 9.59 Å². The van der Waals surface area contributed by atoms with Crippen molar-refractivity contribution in [3.63, 3.8) is 0 Å². The second kappa shape index (κ2) is 3.56. The first kappa shape index (κ1) is 9.44. The monoisotopic (exact) mass is 192 g/mol. The van der Waals surface area contributed by atoms with E-state index in [2.05, 4.69) is 12.5 Å². The molecule has 1 aliphatic heterocycles. The van der Waals surface area contributed by atoms with Gasteiger partial charge < -0.3 is 0 Å². The number of imide groups is 1. The molecule has 1 saturated heterocycles. The predicted octanol–water partition coefficient (Wildman–Crippen LogP) is 1.16. The van der Waals surface area contributed by atoms with E-state index >= 15 is 0 Å². The molecule has 2 aliphatic rings. The van der Waals surface area contributed by atoms with Gasteiger partial charge in [0.1, 0.15) is 0 Å². The second-order valence-electron chi connectivity index (χ2n) is 3.96. The van der Waals surface area contributed by atoms with Crippen molar-refractivity contribution < 1.29 is 9.59 Å². The van der Waals surface area contributed by atoms with E-state index in [0.29, 0.717) is 6.42 Å². The maximum atomic E-state index is 11.7. The van der Waals surface area contributed by atoms with Crippen LogP contribution in [0.5, 0.6) is 0 Å².